The molecule has 1 saturated heterocycles. The zero-order valence-electron chi connectivity index (χ0n) is 13.1. The zero-order valence-corrected chi connectivity index (χ0v) is 15.5. The Labute approximate surface area is 148 Å². The Morgan fingerprint density at radius 2 is 2.26 bits per heavy atom. The van der Waals surface area contributed by atoms with Crippen LogP contribution in [0.3, 0.4) is 0 Å². The number of morpholine rings is 1. The van der Waals surface area contributed by atoms with E-state index in [4.69, 9.17) is 14.2 Å². The molecule has 0 amide bonds. The van der Waals surface area contributed by atoms with Crippen LogP contribution in [-0.2, 0) is 24.6 Å². The number of methoxy groups -OCH3 is 1. The van der Waals surface area contributed by atoms with E-state index in [-0.39, 0.29) is 18.2 Å². The Bertz CT molecular complexity index is 549. The highest BCUT2D eigenvalue weighted by atomic mass is 79.9. The van der Waals surface area contributed by atoms with E-state index in [1.54, 1.807) is 11.3 Å². The van der Waals surface area contributed by atoms with Crippen molar-refractivity contribution in [1.82, 2.24) is 10.3 Å². The molecule has 2 fully saturated rings. The lowest BCUT2D eigenvalue weighted by Gasteiger charge is -2.46. The first kappa shape index (κ1) is 17.3. The molecule has 1 aliphatic heterocycles. The molecular weight excluding hydrogens is 384 g/mol. The monoisotopic (exact) mass is 404 g/mol. The minimum atomic E-state index is -0.531. The number of nitrogens with zero attached hydrogens (tertiary/aromatic N) is 1. The van der Waals surface area contributed by atoms with Crippen molar-refractivity contribution < 1.29 is 19.0 Å². The lowest BCUT2D eigenvalue weighted by Crippen LogP contribution is -2.54. The second kappa shape index (κ2) is 7.14. The second-order valence-corrected chi connectivity index (χ2v) is 7.71. The number of carbonyl (C=O) groups excluding carboxylic acids is 1. The first-order chi connectivity index (χ1) is 11.1. The van der Waals surface area contributed by atoms with Gasteiger partial charge in [0.1, 0.15) is 21.8 Å². The predicted molar refractivity (Wildman–Crippen MR) is 89.5 cm³/mol. The van der Waals surface area contributed by atoms with Gasteiger partial charge in [0.15, 0.2) is 0 Å². The highest BCUT2D eigenvalue weighted by molar-refractivity contribution is 9.10. The standard InChI is InChI=1S/C15H21BrN2O4S/c1-20-12(19)8-22-15(13-18-11(16)9-23-13)4-2-14(3-5-15)10-17-6-7-21-14/h9,17H,2-8,10H2,1H3. The molecule has 23 heavy (non-hydrogen) atoms. The van der Waals surface area contributed by atoms with Crippen molar-refractivity contribution in [2.75, 3.05) is 33.4 Å². The molecule has 0 bridgehead atoms. The van der Waals surface area contributed by atoms with E-state index in [1.165, 1.54) is 7.11 Å². The van der Waals surface area contributed by atoms with Gasteiger partial charge in [-0.25, -0.2) is 9.78 Å². The Morgan fingerprint density at radius 1 is 1.48 bits per heavy atom. The number of nitrogens with one attached hydrogen (secondary N) is 1. The van der Waals surface area contributed by atoms with Crippen molar-refractivity contribution in [2.24, 2.45) is 0 Å². The molecule has 128 valence electrons. The molecule has 0 unspecified atom stereocenters. The lowest BCUT2D eigenvalue weighted by molar-refractivity contribution is -0.170. The Balaban J connectivity index is 1.76. The summed E-state index contributed by atoms with van der Waals surface area (Å²) in [5.41, 5.74) is -0.637. The van der Waals surface area contributed by atoms with Crippen molar-refractivity contribution >= 4 is 33.2 Å². The summed E-state index contributed by atoms with van der Waals surface area (Å²) in [7, 11) is 1.37. The van der Waals surface area contributed by atoms with Gasteiger partial charge in [-0.2, -0.15) is 0 Å². The molecule has 0 aromatic carbocycles. The average Bonchev–Trinajstić information content (AvgIpc) is 3.02. The molecule has 1 saturated carbocycles. The van der Waals surface area contributed by atoms with Crippen molar-refractivity contribution in [3.05, 3.63) is 15.0 Å². The number of thiazole rings is 1. The Hall–Kier alpha value is -0.540. The van der Waals surface area contributed by atoms with Crippen LogP contribution < -0.4 is 5.32 Å². The maximum Gasteiger partial charge on any atom is 0.331 e. The minimum absolute atomic E-state index is 0.0557. The van der Waals surface area contributed by atoms with E-state index in [1.807, 2.05) is 5.38 Å². The molecule has 3 rings (SSSR count). The molecule has 8 heteroatoms. The third-order valence-corrected chi connectivity index (χ3v) is 6.40. The Morgan fingerprint density at radius 3 is 2.83 bits per heavy atom. The van der Waals surface area contributed by atoms with E-state index in [9.17, 15) is 4.79 Å². The number of hydrogen-bond acceptors (Lipinski definition) is 7. The van der Waals surface area contributed by atoms with Crippen molar-refractivity contribution in [3.63, 3.8) is 0 Å². The van der Waals surface area contributed by atoms with Gasteiger partial charge < -0.3 is 19.5 Å². The van der Waals surface area contributed by atoms with Crippen molar-refractivity contribution in [1.29, 1.82) is 0 Å². The van der Waals surface area contributed by atoms with Crippen LogP contribution in [0.25, 0.3) is 0 Å². The summed E-state index contributed by atoms with van der Waals surface area (Å²) in [6.45, 7) is 2.48. The third-order valence-electron chi connectivity index (χ3n) is 4.66. The molecule has 1 N–H and O–H groups in total. The van der Waals surface area contributed by atoms with Gasteiger partial charge in [-0.3, -0.25) is 0 Å². The van der Waals surface area contributed by atoms with Crippen LogP contribution >= 0.6 is 27.3 Å². The van der Waals surface area contributed by atoms with Gasteiger partial charge >= 0.3 is 5.97 Å². The fraction of sp³-hybridized carbons (Fsp3) is 0.733. The van der Waals surface area contributed by atoms with Crippen LogP contribution in [0.2, 0.25) is 0 Å². The summed E-state index contributed by atoms with van der Waals surface area (Å²) in [5, 5.41) is 6.27. The number of ether oxygens (including phenoxy) is 3. The lowest BCUT2D eigenvalue weighted by atomic mass is 9.75. The summed E-state index contributed by atoms with van der Waals surface area (Å²) < 4.78 is 17.6. The molecule has 0 atom stereocenters. The second-order valence-electron chi connectivity index (χ2n) is 6.04. The highest BCUT2D eigenvalue weighted by Gasteiger charge is 2.47. The first-order valence-corrected chi connectivity index (χ1v) is 9.42. The summed E-state index contributed by atoms with van der Waals surface area (Å²) >= 11 is 4.96. The Kier molecular flexibility index (Phi) is 5.37. The van der Waals surface area contributed by atoms with Crippen molar-refractivity contribution in [3.8, 4) is 0 Å². The van der Waals surface area contributed by atoms with E-state index in [2.05, 4.69) is 26.2 Å². The largest absolute Gasteiger partial charge is 0.467 e. The molecule has 2 heterocycles. The maximum atomic E-state index is 11.5. The number of aromatic nitrogens is 1. The fourth-order valence-corrected chi connectivity index (χ4v) is 4.74. The summed E-state index contributed by atoms with van der Waals surface area (Å²) in [6.07, 6.45) is 3.34. The van der Waals surface area contributed by atoms with Crippen LogP contribution in [0.5, 0.6) is 0 Å². The van der Waals surface area contributed by atoms with E-state index in [0.29, 0.717) is 0 Å². The van der Waals surface area contributed by atoms with Gasteiger partial charge in [0, 0.05) is 18.5 Å². The van der Waals surface area contributed by atoms with E-state index < -0.39 is 5.60 Å². The summed E-state index contributed by atoms with van der Waals surface area (Å²) in [4.78, 5) is 16.1. The molecule has 1 aromatic heterocycles. The maximum absolute atomic E-state index is 11.5. The minimum Gasteiger partial charge on any atom is -0.467 e. The first-order valence-electron chi connectivity index (χ1n) is 7.75. The van der Waals surface area contributed by atoms with Gasteiger partial charge in [0.05, 0.1) is 19.3 Å². The van der Waals surface area contributed by atoms with E-state index in [0.717, 1.165) is 55.0 Å². The predicted octanol–water partition coefficient (Wildman–Crippen LogP) is 2.22. The SMILES string of the molecule is COC(=O)COC1(c2nc(Br)cs2)CCC2(CC1)CNCCO2. The zero-order chi connectivity index (χ0) is 16.3. The third kappa shape index (κ3) is 3.76. The van der Waals surface area contributed by atoms with Gasteiger partial charge in [-0.1, -0.05) is 0 Å². The van der Waals surface area contributed by atoms with Crippen LogP contribution in [-0.4, -0.2) is 50.0 Å². The van der Waals surface area contributed by atoms with Gasteiger partial charge in [0.25, 0.3) is 0 Å². The summed E-state index contributed by atoms with van der Waals surface area (Å²) in [6, 6.07) is 0. The molecule has 0 radical (unpaired) electrons. The van der Waals surface area contributed by atoms with E-state index >= 15 is 0 Å². The average molecular weight is 405 g/mol. The van der Waals surface area contributed by atoms with Crippen LogP contribution in [0.15, 0.2) is 9.98 Å². The van der Waals surface area contributed by atoms with Crippen molar-refractivity contribution in [2.45, 2.75) is 36.9 Å². The quantitative estimate of drug-likeness (QED) is 0.775. The van der Waals surface area contributed by atoms with Gasteiger partial charge in [-0.15, -0.1) is 11.3 Å². The molecule has 2 aliphatic rings. The number of rotatable bonds is 4. The highest BCUT2D eigenvalue weighted by Crippen LogP contribution is 2.46. The van der Waals surface area contributed by atoms with Crippen LogP contribution in [0.1, 0.15) is 30.7 Å². The number of carbonyl (C=O) groups is 1. The number of esters is 1. The molecule has 1 aromatic rings. The normalized spacial score (nSPS) is 31.2. The topological polar surface area (TPSA) is 69.7 Å². The molecule has 6 nitrogen and oxygen atoms in total. The van der Waals surface area contributed by atoms with Crippen LogP contribution in [0.4, 0.5) is 0 Å². The number of halogens is 1. The van der Waals surface area contributed by atoms with Gasteiger partial charge in [-0.05, 0) is 41.6 Å². The molecule has 1 aliphatic carbocycles. The summed E-state index contributed by atoms with van der Waals surface area (Å²) in [5.74, 6) is -0.365. The smallest absolute Gasteiger partial charge is 0.331 e. The molecular formula is C15H21BrN2O4S. The van der Waals surface area contributed by atoms with Gasteiger partial charge in [0.2, 0.25) is 0 Å². The molecule has 1 spiro atoms. The fourth-order valence-electron chi connectivity index (χ4n) is 3.28. The number of hydrogen-bond donors (Lipinski definition) is 1. The van der Waals surface area contributed by atoms with Crippen LogP contribution in [0, 0.1) is 0 Å².